The second kappa shape index (κ2) is 8.36. The highest BCUT2D eigenvalue weighted by Crippen LogP contribution is 2.33. The summed E-state index contributed by atoms with van der Waals surface area (Å²) in [6, 6.07) is 21.9. The van der Waals surface area contributed by atoms with Crippen molar-refractivity contribution in [3.05, 3.63) is 94.0 Å². The van der Waals surface area contributed by atoms with Crippen LogP contribution in [0.2, 0.25) is 5.02 Å². The van der Waals surface area contributed by atoms with Gasteiger partial charge in [0, 0.05) is 0 Å². The number of carbonyl (C=O) groups is 1. The number of para-hydroxylation sites is 1. The van der Waals surface area contributed by atoms with Crippen molar-refractivity contribution in [2.75, 3.05) is 4.90 Å². The first-order chi connectivity index (χ1) is 14.0. The van der Waals surface area contributed by atoms with E-state index in [0.717, 1.165) is 21.3 Å². The zero-order chi connectivity index (χ0) is 20.4. The first kappa shape index (κ1) is 19.6. The van der Waals surface area contributed by atoms with Gasteiger partial charge in [-0.3, -0.25) is 9.69 Å². The van der Waals surface area contributed by atoms with Crippen molar-refractivity contribution in [2.45, 2.75) is 26.8 Å². The van der Waals surface area contributed by atoms with E-state index in [0.29, 0.717) is 23.1 Å². The molecule has 4 rings (SSSR count). The molecule has 29 heavy (non-hydrogen) atoms. The molecule has 0 saturated carbocycles. The van der Waals surface area contributed by atoms with E-state index >= 15 is 0 Å². The molecule has 0 aliphatic heterocycles. The predicted molar refractivity (Wildman–Crippen MR) is 122 cm³/mol. The SMILES string of the molecule is Cc1ccc(CC(=O)N(Cc2ccccc2)c2nc3c(Cl)cccc3s2)cc1C. The Morgan fingerprint density at radius 2 is 1.76 bits per heavy atom. The van der Waals surface area contributed by atoms with Gasteiger partial charge >= 0.3 is 0 Å². The summed E-state index contributed by atoms with van der Waals surface area (Å²) in [4.78, 5) is 19.8. The molecule has 1 heterocycles. The fourth-order valence-electron chi connectivity index (χ4n) is 3.23. The standard InChI is InChI=1S/C24H21ClN2OS/c1-16-11-12-19(13-17(16)2)14-22(28)27(15-18-7-4-3-5-8-18)24-26-23-20(25)9-6-10-21(23)29-24/h3-13H,14-15H2,1-2H3. The van der Waals surface area contributed by atoms with Crippen LogP contribution in [0.25, 0.3) is 10.2 Å². The Morgan fingerprint density at radius 3 is 2.48 bits per heavy atom. The highest BCUT2D eigenvalue weighted by Gasteiger charge is 2.21. The largest absolute Gasteiger partial charge is 0.283 e. The molecule has 0 saturated heterocycles. The predicted octanol–water partition coefficient (Wildman–Crippen LogP) is 6.34. The molecule has 0 spiro atoms. The highest BCUT2D eigenvalue weighted by atomic mass is 35.5. The van der Waals surface area contributed by atoms with Crippen LogP contribution < -0.4 is 4.90 Å². The molecule has 0 bridgehead atoms. The summed E-state index contributed by atoms with van der Waals surface area (Å²) >= 11 is 7.81. The normalized spacial score (nSPS) is 11.0. The van der Waals surface area contributed by atoms with Gasteiger partial charge in [-0.15, -0.1) is 0 Å². The third-order valence-electron chi connectivity index (χ3n) is 5.00. The number of fused-ring (bicyclic) bond motifs is 1. The highest BCUT2D eigenvalue weighted by molar-refractivity contribution is 7.22. The van der Waals surface area contributed by atoms with Gasteiger partial charge in [0.1, 0.15) is 5.52 Å². The fraction of sp³-hybridized carbons (Fsp3) is 0.167. The zero-order valence-electron chi connectivity index (χ0n) is 16.4. The summed E-state index contributed by atoms with van der Waals surface area (Å²) in [6.07, 6.45) is 0.331. The number of nitrogens with zero attached hydrogens (tertiary/aromatic N) is 2. The minimum absolute atomic E-state index is 0.0206. The molecule has 3 nitrogen and oxygen atoms in total. The smallest absolute Gasteiger partial charge is 0.233 e. The van der Waals surface area contributed by atoms with Gasteiger partial charge in [-0.2, -0.15) is 0 Å². The first-order valence-corrected chi connectivity index (χ1v) is 10.7. The number of amides is 1. The summed E-state index contributed by atoms with van der Waals surface area (Å²) in [6.45, 7) is 4.62. The lowest BCUT2D eigenvalue weighted by molar-refractivity contribution is -0.118. The van der Waals surface area contributed by atoms with Gasteiger partial charge in [0.25, 0.3) is 0 Å². The summed E-state index contributed by atoms with van der Waals surface area (Å²) in [7, 11) is 0. The molecular weight excluding hydrogens is 400 g/mol. The van der Waals surface area contributed by atoms with Gasteiger partial charge < -0.3 is 0 Å². The quantitative estimate of drug-likeness (QED) is 0.377. The molecule has 0 aliphatic carbocycles. The fourth-order valence-corrected chi connectivity index (χ4v) is 4.51. The summed E-state index contributed by atoms with van der Waals surface area (Å²) in [5.41, 5.74) is 5.23. The number of benzene rings is 3. The minimum Gasteiger partial charge on any atom is -0.283 e. The van der Waals surface area contributed by atoms with Gasteiger partial charge in [0.15, 0.2) is 5.13 Å². The van der Waals surface area contributed by atoms with Crippen molar-refractivity contribution in [2.24, 2.45) is 0 Å². The molecule has 0 unspecified atom stereocenters. The van der Waals surface area contributed by atoms with Crippen molar-refractivity contribution in [3.8, 4) is 0 Å². The van der Waals surface area contributed by atoms with E-state index in [1.807, 2.05) is 54.6 Å². The number of carbonyl (C=O) groups excluding carboxylic acids is 1. The van der Waals surface area contributed by atoms with E-state index in [1.54, 1.807) is 4.90 Å². The number of anilines is 1. The second-order valence-corrected chi connectivity index (χ2v) is 8.56. The molecule has 1 aromatic heterocycles. The number of aryl methyl sites for hydroxylation is 2. The van der Waals surface area contributed by atoms with Crippen molar-refractivity contribution in [1.29, 1.82) is 0 Å². The van der Waals surface area contributed by atoms with Crippen LogP contribution in [0.4, 0.5) is 5.13 Å². The molecule has 0 atom stereocenters. The Hall–Kier alpha value is -2.69. The molecular formula is C24H21ClN2OS. The van der Waals surface area contributed by atoms with E-state index in [4.69, 9.17) is 16.6 Å². The van der Waals surface area contributed by atoms with E-state index in [1.165, 1.54) is 22.5 Å². The van der Waals surface area contributed by atoms with Gasteiger partial charge in [-0.25, -0.2) is 4.98 Å². The maximum atomic E-state index is 13.3. The van der Waals surface area contributed by atoms with Crippen LogP contribution >= 0.6 is 22.9 Å². The topological polar surface area (TPSA) is 33.2 Å². The van der Waals surface area contributed by atoms with Crippen molar-refractivity contribution >= 4 is 44.2 Å². The number of thiazole rings is 1. The monoisotopic (exact) mass is 420 g/mol. The van der Waals surface area contributed by atoms with E-state index < -0.39 is 0 Å². The van der Waals surface area contributed by atoms with Crippen LogP contribution in [0.15, 0.2) is 66.7 Å². The summed E-state index contributed by atoms with van der Waals surface area (Å²) in [5, 5.41) is 1.28. The van der Waals surface area contributed by atoms with Crippen LogP contribution in [0.3, 0.4) is 0 Å². The molecule has 0 N–H and O–H groups in total. The zero-order valence-corrected chi connectivity index (χ0v) is 17.9. The maximum Gasteiger partial charge on any atom is 0.233 e. The molecule has 146 valence electrons. The third-order valence-corrected chi connectivity index (χ3v) is 6.35. The molecule has 5 heteroatoms. The first-order valence-electron chi connectivity index (χ1n) is 9.47. The second-order valence-electron chi connectivity index (χ2n) is 7.14. The average molecular weight is 421 g/mol. The molecule has 0 fully saturated rings. The van der Waals surface area contributed by atoms with Gasteiger partial charge in [-0.05, 0) is 48.2 Å². The summed E-state index contributed by atoms with van der Waals surface area (Å²) < 4.78 is 0.976. The van der Waals surface area contributed by atoms with Crippen molar-refractivity contribution < 1.29 is 4.79 Å². The molecule has 4 aromatic rings. The molecule has 0 radical (unpaired) electrons. The Labute approximate surface area is 179 Å². The Bertz CT molecular complexity index is 1170. The summed E-state index contributed by atoms with van der Waals surface area (Å²) in [5.74, 6) is 0.0206. The van der Waals surface area contributed by atoms with Gasteiger partial charge in [0.2, 0.25) is 5.91 Å². The Morgan fingerprint density at radius 1 is 0.966 bits per heavy atom. The van der Waals surface area contributed by atoms with Crippen LogP contribution in [-0.4, -0.2) is 10.9 Å². The maximum absolute atomic E-state index is 13.3. The Balaban J connectivity index is 1.69. The van der Waals surface area contributed by atoms with Gasteiger partial charge in [-0.1, -0.05) is 77.5 Å². The van der Waals surface area contributed by atoms with Crippen molar-refractivity contribution in [1.82, 2.24) is 4.98 Å². The average Bonchev–Trinajstić information content (AvgIpc) is 3.15. The van der Waals surface area contributed by atoms with E-state index in [-0.39, 0.29) is 5.91 Å². The van der Waals surface area contributed by atoms with E-state index in [9.17, 15) is 4.79 Å². The lowest BCUT2D eigenvalue weighted by Crippen LogP contribution is -2.31. The lowest BCUT2D eigenvalue weighted by Gasteiger charge is -2.20. The Kier molecular flexibility index (Phi) is 5.65. The molecule has 1 amide bonds. The van der Waals surface area contributed by atoms with E-state index in [2.05, 4.69) is 26.0 Å². The van der Waals surface area contributed by atoms with Crippen LogP contribution in [0.1, 0.15) is 22.3 Å². The minimum atomic E-state index is 0.0206. The number of hydrogen-bond donors (Lipinski definition) is 0. The number of aromatic nitrogens is 1. The third kappa shape index (κ3) is 4.34. The molecule has 0 aliphatic rings. The number of hydrogen-bond acceptors (Lipinski definition) is 3. The van der Waals surface area contributed by atoms with Crippen LogP contribution in [0.5, 0.6) is 0 Å². The number of halogens is 1. The van der Waals surface area contributed by atoms with Crippen LogP contribution in [-0.2, 0) is 17.8 Å². The molecule has 3 aromatic carbocycles. The van der Waals surface area contributed by atoms with Crippen molar-refractivity contribution in [3.63, 3.8) is 0 Å². The number of rotatable bonds is 5. The lowest BCUT2D eigenvalue weighted by atomic mass is 10.0. The van der Waals surface area contributed by atoms with Gasteiger partial charge in [0.05, 0.1) is 22.7 Å². The van der Waals surface area contributed by atoms with Crippen LogP contribution in [0, 0.1) is 13.8 Å².